The first-order valence-corrected chi connectivity index (χ1v) is 14.8. The maximum absolute atomic E-state index is 9.59. The van der Waals surface area contributed by atoms with Crippen molar-refractivity contribution in [1.82, 2.24) is 4.57 Å². The lowest BCUT2D eigenvalue weighted by atomic mass is 9.97. The van der Waals surface area contributed by atoms with Gasteiger partial charge >= 0.3 is 0 Å². The van der Waals surface area contributed by atoms with Crippen LogP contribution in [0.2, 0.25) is 0 Å². The molecule has 6 aromatic carbocycles. The molecule has 4 nitrogen and oxygen atoms in total. The van der Waals surface area contributed by atoms with E-state index in [2.05, 4.69) is 94.3 Å². The Kier molecular flexibility index (Phi) is 4.87. The average Bonchev–Trinajstić information content (AvgIpc) is 3.73. The van der Waals surface area contributed by atoms with Gasteiger partial charge in [-0.3, -0.25) is 0 Å². The van der Waals surface area contributed by atoms with Crippen LogP contribution in [0.3, 0.4) is 0 Å². The highest BCUT2D eigenvalue weighted by atomic mass is 32.1. The number of thiophene rings is 1. The maximum atomic E-state index is 9.59. The lowest BCUT2D eigenvalue weighted by Crippen LogP contribution is -1.94. The van der Waals surface area contributed by atoms with Crippen LogP contribution in [0.5, 0.6) is 0 Å². The molecule has 0 radical (unpaired) electrons. The Labute approximate surface area is 249 Å². The molecule has 0 fully saturated rings. The van der Waals surface area contributed by atoms with Crippen LogP contribution in [0, 0.1) is 17.9 Å². The summed E-state index contributed by atoms with van der Waals surface area (Å²) in [6, 6.07) is 41.6. The molecule has 3 aromatic heterocycles. The average molecular weight is 566 g/mol. The van der Waals surface area contributed by atoms with Crippen LogP contribution in [0.4, 0.5) is 5.69 Å². The van der Waals surface area contributed by atoms with E-state index >= 15 is 0 Å². The molecule has 0 saturated heterocycles. The van der Waals surface area contributed by atoms with Gasteiger partial charge in [-0.25, -0.2) is 4.85 Å². The molecule has 0 atom stereocenters. The van der Waals surface area contributed by atoms with E-state index < -0.39 is 0 Å². The van der Waals surface area contributed by atoms with E-state index in [-0.39, 0.29) is 0 Å². The number of hydrogen-bond acceptors (Lipinski definition) is 3. The maximum Gasteiger partial charge on any atom is 0.229 e. The van der Waals surface area contributed by atoms with Gasteiger partial charge in [0.2, 0.25) is 5.69 Å². The Bertz CT molecular complexity index is 2710. The monoisotopic (exact) mass is 565 g/mol. The molecule has 198 valence electrons. The summed E-state index contributed by atoms with van der Waals surface area (Å²) in [5.41, 5.74) is 7.48. The summed E-state index contributed by atoms with van der Waals surface area (Å²) in [5, 5.41) is 16.1. The quantitative estimate of drug-likeness (QED) is 0.196. The first-order valence-electron chi connectivity index (χ1n) is 13.9. The van der Waals surface area contributed by atoms with Crippen LogP contribution in [-0.4, -0.2) is 4.57 Å². The van der Waals surface area contributed by atoms with Crippen molar-refractivity contribution < 1.29 is 4.42 Å². The number of hydrogen-bond donors (Lipinski definition) is 0. The first kappa shape index (κ1) is 23.8. The fourth-order valence-electron chi connectivity index (χ4n) is 6.57. The highest BCUT2D eigenvalue weighted by molar-refractivity contribution is 7.25. The number of nitrogens with zero attached hydrogens (tertiary/aromatic N) is 3. The number of para-hydroxylation sites is 2. The lowest BCUT2D eigenvalue weighted by Gasteiger charge is -2.09. The first-order chi connectivity index (χ1) is 21.2. The molecule has 3 heterocycles. The zero-order valence-electron chi connectivity index (χ0n) is 22.6. The van der Waals surface area contributed by atoms with E-state index in [1.165, 1.54) is 20.2 Å². The zero-order chi connectivity index (χ0) is 28.7. The third-order valence-electron chi connectivity index (χ3n) is 8.46. The molecule has 0 aliphatic heterocycles. The Balaban J connectivity index is 1.37. The summed E-state index contributed by atoms with van der Waals surface area (Å²) in [6.07, 6.45) is 0. The lowest BCUT2D eigenvalue weighted by molar-refractivity contribution is 0.668. The van der Waals surface area contributed by atoms with Gasteiger partial charge in [0.1, 0.15) is 5.58 Å². The van der Waals surface area contributed by atoms with Gasteiger partial charge in [0.15, 0.2) is 5.58 Å². The van der Waals surface area contributed by atoms with Crippen molar-refractivity contribution in [1.29, 1.82) is 5.26 Å². The molecule has 0 spiro atoms. The molecule has 0 aliphatic rings. The fourth-order valence-corrected chi connectivity index (χ4v) is 7.66. The van der Waals surface area contributed by atoms with E-state index in [0.29, 0.717) is 16.8 Å². The summed E-state index contributed by atoms with van der Waals surface area (Å²) in [7, 11) is 0. The van der Waals surface area contributed by atoms with E-state index in [9.17, 15) is 5.26 Å². The van der Waals surface area contributed by atoms with Crippen LogP contribution in [0.1, 0.15) is 5.56 Å². The molecule has 9 aromatic rings. The van der Waals surface area contributed by atoms with Crippen molar-refractivity contribution in [3.63, 3.8) is 0 Å². The summed E-state index contributed by atoms with van der Waals surface area (Å²) in [5.74, 6) is 0. The van der Waals surface area contributed by atoms with Crippen LogP contribution in [0.25, 0.3) is 85.6 Å². The number of nitriles is 1. The minimum atomic E-state index is 0.490. The van der Waals surface area contributed by atoms with E-state index in [0.717, 1.165) is 55.0 Å². The third kappa shape index (κ3) is 3.29. The van der Waals surface area contributed by atoms with Crippen LogP contribution in [0.15, 0.2) is 120 Å². The second kappa shape index (κ2) is 8.81. The van der Waals surface area contributed by atoms with Gasteiger partial charge in [-0.2, -0.15) is 5.26 Å². The molecule has 0 N–H and O–H groups in total. The Morgan fingerprint density at radius 1 is 0.674 bits per heavy atom. The minimum absolute atomic E-state index is 0.490. The molecule has 0 amide bonds. The Hall–Kier alpha value is -5.88. The number of rotatable bonds is 2. The zero-order valence-corrected chi connectivity index (χ0v) is 23.4. The van der Waals surface area contributed by atoms with Gasteiger partial charge < -0.3 is 8.98 Å². The van der Waals surface area contributed by atoms with Gasteiger partial charge in [0.05, 0.1) is 34.9 Å². The standard InChI is InChI=1S/C38H19N3OS/c1-40-30-16-15-24(23-14-18-35-29(20-23)26-8-3-5-12-34(26)43-35)36-27-9-6-11-33(37(27)42-38(30)36)41-31-10-4-2-7-25(31)28-19-22(21-39)13-17-32(28)41/h2-20H. The molecule has 9 rings (SSSR count). The molecule has 0 unspecified atom stereocenters. The molecular formula is C38H19N3OS. The predicted molar refractivity (Wildman–Crippen MR) is 177 cm³/mol. The smallest absolute Gasteiger partial charge is 0.229 e. The summed E-state index contributed by atoms with van der Waals surface area (Å²) < 4.78 is 11.4. The topological polar surface area (TPSA) is 46.2 Å². The van der Waals surface area contributed by atoms with Crippen LogP contribution >= 0.6 is 11.3 Å². The van der Waals surface area contributed by atoms with Crippen molar-refractivity contribution in [2.45, 2.75) is 0 Å². The van der Waals surface area contributed by atoms with Gasteiger partial charge in [0, 0.05) is 41.7 Å². The van der Waals surface area contributed by atoms with Crippen LogP contribution < -0.4 is 0 Å². The number of aromatic nitrogens is 1. The number of benzene rings is 6. The normalized spacial score (nSPS) is 11.7. The highest BCUT2D eigenvalue weighted by Gasteiger charge is 2.21. The second-order valence-electron chi connectivity index (χ2n) is 10.7. The number of fused-ring (bicyclic) bond motifs is 9. The van der Waals surface area contributed by atoms with E-state index in [4.69, 9.17) is 11.0 Å². The van der Waals surface area contributed by atoms with Gasteiger partial charge in [-0.05, 0) is 59.7 Å². The largest absolute Gasteiger partial charge is 0.465 e. The molecule has 0 bridgehead atoms. The van der Waals surface area contributed by atoms with Gasteiger partial charge in [0.25, 0.3) is 0 Å². The van der Waals surface area contributed by atoms with Gasteiger partial charge in [-0.15, -0.1) is 11.3 Å². The van der Waals surface area contributed by atoms with E-state index in [1.54, 1.807) is 11.3 Å². The predicted octanol–water partition coefficient (Wildman–Crippen LogP) is 11.1. The van der Waals surface area contributed by atoms with Crippen molar-refractivity contribution in [3.05, 3.63) is 132 Å². The Morgan fingerprint density at radius 3 is 2.35 bits per heavy atom. The SMILES string of the molecule is [C-]#[N+]c1ccc(-c2ccc3sc4ccccc4c3c2)c2c1oc1c(-n3c4ccccc4c4cc(C#N)ccc43)cccc12. The van der Waals surface area contributed by atoms with Gasteiger partial charge in [-0.1, -0.05) is 66.7 Å². The summed E-state index contributed by atoms with van der Waals surface area (Å²) in [4.78, 5) is 3.84. The van der Waals surface area contributed by atoms with Crippen molar-refractivity contribution in [2.75, 3.05) is 0 Å². The summed E-state index contributed by atoms with van der Waals surface area (Å²) in [6.45, 7) is 7.93. The van der Waals surface area contributed by atoms with E-state index in [1.807, 2.05) is 36.4 Å². The van der Waals surface area contributed by atoms with Crippen LogP contribution in [-0.2, 0) is 0 Å². The third-order valence-corrected chi connectivity index (χ3v) is 9.61. The van der Waals surface area contributed by atoms with Crippen molar-refractivity contribution in [2.24, 2.45) is 0 Å². The fraction of sp³-hybridized carbons (Fsp3) is 0. The summed E-state index contributed by atoms with van der Waals surface area (Å²) >= 11 is 1.81. The molecular weight excluding hydrogens is 547 g/mol. The molecule has 5 heteroatoms. The number of furan rings is 1. The molecule has 0 aliphatic carbocycles. The highest BCUT2D eigenvalue weighted by Crippen LogP contribution is 2.45. The van der Waals surface area contributed by atoms with Crippen molar-refractivity contribution >= 4 is 80.9 Å². The van der Waals surface area contributed by atoms with Crippen molar-refractivity contribution in [3.8, 4) is 22.9 Å². The minimum Gasteiger partial charge on any atom is -0.465 e. The molecule has 0 saturated carbocycles. The second-order valence-corrected chi connectivity index (χ2v) is 11.8. The molecule has 43 heavy (non-hydrogen) atoms. The Morgan fingerprint density at radius 2 is 1.47 bits per heavy atom.